The van der Waals surface area contributed by atoms with Crippen LogP contribution in [0.25, 0.3) is 0 Å². The number of carbonyl (C=O) groups excluding carboxylic acids is 1. The quantitative estimate of drug-likeness (QED) is 0.428. The summed E-state index contributed by atoms with van der Waals surface area (Å²) in [6.45, 7) is 10.2. The van der Waals surface area contributed by atoms with Gasteiger partial charge in [-0.1, -0.05) is 0 Å². The first-order valence-corrected chi connectivity index (χ1v) is 12.1. The van der Waals surface area contributed by atoms with Crippen LogP contribution < -0.4 is 20.1 Å². The second-order valence-electron chi connectivity index (χ2n) is 9.39. The van der Waals surface area contributed by atoms with Gasteiger partial charge in [0.05, 0.1) is 13.7 Å². The second kappa shape index (κ2) is 12.4. The van der Waals surface area contributed by atoms with Crippen molar-refractivity contribution in [3.8, 4) is 11.5 Å². The van der Waals surface area contributed by atoms with Crippen molar-refractivity contribution in [1.29, 1.82) is 0 Å². The van der Waals surface area contributed by atoms with E-state index in [1.807, 2.05) is 23.1 Å². The average Bonchev–Trinajstić information content (AvgIpc) is 3.51. The lowest BCUT2D eigenvalue weighted by molar-refractivity contribution is 0.0661. The zero-order valence-corrected chi connectivity index (χ0v) is 20.2. The molecule has 7 heteroatoms. The fraction of sp³-hybridized carbons (Fsp3) is 0.720. The monoisotopic (exact) mass is 447 g/mol. The average molecular weight is 448 g/mol. The Balaban J connectivity index is 1.64. The molecule has 0 unspecified atom stereocenters. The molecular weight excluding hydrogens is 406 g/mol. The third-order valence-electron chi connectivity index (χ3n) is 6.49. The van der Waals surface area contributed by atoms with Crippen molar-refractivity contribution in [2.75, 3.05) is 60.2 Å². The van der Waals surface area contributed by atoms with Gasteiger partial charge in [0.1, 0.15) is 0 Å². The molecule has 2 N–H and O–H groups in total. The van der Waals surface area contributed by atoms with E-state index >= 15 is 0 Å². The Labute approximate surface area is 193 Å². The van der Waals surface area contributed by atoms with Crippen LogP contribution in [0.2, 0.25) is 0 Å². The van der Waals surface area contributed by atoms with E-state index in [9.17, 15) is 4.79 Å². The fourth-order valence-electron chi connectivity index (χ4n) is 4.29. The molecule has 1 saturated heterocycles. The molecule has 0 radical (unpaired) electrons. The largest absolute Gasteiger partial charge is 0.493 e. The third-order valence-corrected chi connectivity index (χ3v) is 6.49. The Morgan fingerprint density at radius 3 is 2.59 bits per heavy atom. The summed E-state index contributed by atoms with van der Waals surface area (Å²) in [6, 6.07) is 5.58. The standard InChI is InChI=1S/C25H41N3O4/c1-18(2)28(17-22-16-27-15-21(22)14-26-13-19-6-7-19)25(29)20-8-9-23(31-4)24(12-20)32-11-5-10-30-3/h8-9,12,18-19,21-22,26-27H,5-7,10-11,13-17H2,1-4H3/t21-,22+/m1/s1. The maximum absolute atomic E-state index is 13.5. The molecule has 2 fully saturated rings. The highest BCUT2D eigenvalue weighted by atomic mass is 16.5. The Morgan fingerprint density at radius 2 is 1.91 bits per heavy atom. The predicted octanol–water partition coefficient (Wildman–Crippen LogP) is 2.80. The van der Waals surface area contributed by atoms with Gasteiger partial charge in [-0.25, -0.2) is 0 Å². The van der Waals surface area contributed by atoms with Gasteiger partial charge in [-0.2, -0.15) is 0 Å². The molecule has 2 atom stereocenters. The van der Waals surface area contributed by atoms with Gasteiger partial charge in [-0.15, -0.1) is 0 Å². The number of amides is 1. The van der Waals surface area contributed by atoms with Crippen LogP contribution in [0.4, 0.5) is 0 Å². The molecule has 3 rings (SSSR count). The summed E-state index contributed by atoms with van der Waals surface area (Å²) in [5.74, 6) is 3.17. The molecule has 1 amide bonds. The van der Waals surface area contributed by atoms with Gasteiger partial charge in [0, 0.05) is 44.8 Å². The Bertz CT molecular complexity index is 723. The number of nitrogens with one attached hydrogen (secondary N) is 2. The molecule has 32 heavy (non-hydrogen) atoms. The number of nitrogens with zero attached hydrogens (tertiary/aromatic N) is 1. The maximum Gasteiger partial charge on any atom is 0.254 e. The van der Waals surface area contributed by atoms with Gasteiger partial charge in [0.15, 0.2) is 11.5 Å². The van der Waals surface area contributed by atoms with Crippen LogP contribution in [-0.2, 0) is 4.74 Å². The lowest BCUT2D eigenvalue weighted by Crippen LogP contribution is -2.43. The fourth-order valence-corrected chi connectivity index (χ4v) is 4.29. The molecule has 1 aromatic rings. The molecule has 0 aromatic heterocycles. The van der Waals surface area contributed by atoms with Gasteiger partial charge >= 0.3 is 0 Å². The molecule has 0 spiro atoms. The summed E-state index contributed by atoms with van der Waals surface area (Å²) in [7, 11) is 3.29. The van der Waals surface area contributed by atoms with Crippen molar-refractivity contribution in [3.05, 3.63) is 23.8 Å². The number of hydrogen-bond acceptors (Lipinski definition) is 6. The minimum absolute atomic E-state index is 0.0426. The van der Waals surface area contributed by atoms with Crippen LogP contribution in [0.15, 0.2) is 18.2 Å². The highest BCUT2D eigenvalue weighted by Gasteiger charge is 2.32. The number of rotatable bonds is 14. The Kier molecular flexibility index (Phi) is 9.63. The molecule has 180 valence electrons. The number of hydrogen-bond donors (Lipinski definition) is 2. The smallest absolute Gasteiger partial charge is 0.254 e. The SMILES string of the molecule is COCCCOc1cc(C(=O)N(C[C@@H]2CNC[C@H]2CNCC2CC2)C(C)C)ccc1OC. The van der Waals surface area contributed by atoms with Gasteiger partial charge in [0.25, 0.3) is 5.91 Å². The maximum atomic E-state index is 13.5. The molecule has 0 bridgehead atoms. The second-order valence-corrected chi connectivity index (χ2v) is 9.39. The van der Waals surface area contributed by atoms with Gasteiger partial charge in [0.2, 0.25) is 0 Å². The van der Waals surface area contributed by atoms with Crippen molar-refractivity contribution in [2.45, 2.75) is 39.2 Å². The van der Waals surface area contributed by atoms with Gasteiger partial charge in [-0.05, 0) is 82.3 Å². The first-order chi connectivity index (χ1) is 15.5. The molecule has 1 heterocycles. The summed E-state index contributed by atoms with van der Waals surface area (Å²) in [6.07, 6.45) is 3.52. The zero-order chi connectivity index (χ0) is 22.9. The summed E-state index contributed by atoms with van der Waals surface area (Å²) >= 11 is 0. The molecule has 1 aliphatic heterocycles. The van der Waals surface area contributed by atoms with Crippen LogP contribution in [0.3, 0.4) is 0 Å². The minimum Gasteiger partial charge on any atom is -0.493 e. The minimum atomic E-state index is 0.0426. The summed E-state index contributed by atoms with van der Waals surface area (Å²) < 4.78 is 16.4. The lowest BCUT2D eigenvalue weighted by atomic mass is 9.94. The lowest BCUT2D eigenvalue weighted by Gasteiger charge is -2.32. The first-order valence-electron chi connectivity index (χ1n) is 12.1. The van der Waals surface area contributed by atoms with E-state index < -0.39 is 0 Å². The van der Waals surface area contributed by atoms with Gasteiger partial charge in [-0.3, -0.25) is 4.79 Å². The van der Waals surface area contributed by atoms with Crippen LogP contribution in [0.1, 0.15) is 43.5 Å². The Morgan fingerprint density at radius 1 is 1.12 bits per heavy atom. The molecular formula is C25H41N3O4. The summed E-state index contributed by atoms with van der Waals surface area (Å²) in [5, 5.41) is 7.18. The molecule has 1 aliphatic carbocycles. The van der Waals surface area contributed by atoms with E-state index in [-0.39, 0.29) is 11.9 Å². The van der Waals surface area contributed by atoms with Crippen LogP contribution in [0, 0.1) is 17.8 Å². The van der Waals surface area contributed by atoms with E-state index in [1.165, 1.54) is 12.8 Å². The van der Waals surface area contributed by atoms with Crippen LogP contribution in [0.5, 0.6) is 11.5 Å². The number of methoxy groups -OCH3 is 2. The molecule has 2 aliphatic rings. The van der Waals surface area contributed by atoms with E-state index in [2.05, 4.69) is 24.5 Å². The van der Waals surface area contributed by atoms with E-state index in [0.717, 1.165) is 45.1 Å². The number of benzene rings is 1. The predicted molar refractivity (Wildman–Crippen MR) is 127 cm³/mol. The highest BCUT2D eigenvalue weighted by molar-refractivity contribution is 5.95. The zero-order valence-electron chi connectivity index (χ0n) is 20.2. The van der Waals surface area contributed by atoms with E-state index in [4.69, 9.17) is 14.2 Å². The van der Waals surface area contributed by atoms with E-state index in [1.54, 1.807) is 14.2 Å². The first kappa shape index (κ1) is 24.8. The normalized spacial score (nSPS) is 20.5. The summed E-state index contributed by atoms with van der Waals surface area (Å²) in [4.78, 5) is 15.5. The summed E-state index contributed by atoms with van der Waals surface area (Å²) in [5.41, 5.74) is 0.635. The van der Waals surface area contributed by atoms with Crippen molar-refractivity contribution in [2.24, 2.45) is 17.8 Å². The Hall–Kier alpha value is -1.83. The van der Waals surface area contributed by atoms with Crippen LogP contribution in [-0.4, -0.2) is 77.0 Å². The molecule has 1 aromatic carbocycles. The van der Waals surface area contributed by atoms with Crippen molar-refractivity contribution in [3.63, 3.8) is 0 Å². The van der Waals surface area contributed by atoms with E-state index in [0.29, 0.717) is 42.1 Å². The number of carbonyl (C=O) groups is 1. The number of ether oxygens (including phenoxy) is 3. The third kappa shape index (κ3) is 7.09. The van der Waals surface area contributed by atoms with Crippen molar-refractivity contribution >= 4 is 5.91 Å². The molecule has 7 nitrogen and oxygen atoms in total. The van der Waals surface area contributed by atoms with Crippen molar-refractivity contribution in [1.82, 2.24) is 15.5 Å². The topological polar surface area (TPSA) is 72.1 Å². The van der Waals surface area contributed by atoms with Crippen LogP contribution >= 0.6 is 0 Å². The molecule has 1 saturated carbocycles. The highest BCUT2D eigenvalue weighted by Crippen LogP contribution is 2.30. The van der Waals surface area contributed by atoms with Crippen molar-refractivity contribution < 1.29 is 19.0 Å². The van der Waals surface area contributed by atoms with Gasteiger partial charge < -0.3 is 29.7 Å².